The second kappa shape index (κ2) is 10.6. The molecule has 0 amide bonds. The SMILES string of the molecule is CCCCCCC(=O)Oc1ccc([C@@H]2Nc3ccc4ccccc4c3C3=C2C(=O)CCC3)cc1OC. The number of rotatable bonds is 8. The maximum absolute atomic E-state index is 13.3. The number of ketones is 1. The van der Waals surface area contributed by atoms with Crippen LogP contribution >= 0.6 is 0 Å². The normalized spacial score (nSPS) is 16.8. The molecule has 186 valence electrons. The Bertz CT molecular complexity index is 1340. The number of nitrogens with one attached hydrogen (secondary N) is 1. The highest BCUT2D eigenvalue weighted by Gasteiger charge is 2.35. The lowest BCUT2D eigenvalue weighted by molar-refractivity contribution is -0.134. The standard InChI is InChI=1S/C31H33NO4/c1-3-4-5-6-14-28(34)36-26-18-16-21(19-27(26)35-2)31-30-23(12-9-13-25(30)33)29-22-11-8-7-10-20(22)15-17-24(29)32-31/h7-8,10-11,15-19,31-32H,3-6,9,12-14H2,1-2H3/t31-/m0/s1. The van der Waals surface area contributed by atoms with Crippen molar-refractivity contribution in [3.05, 3.63) is 71.3 Å². The summed E-state index contributed by atoms with van der Waals surface area (Å²) in [5.41, 5.74) is 5.08. The van der Waals surface area contributed by atoms with E-state index in [-0.39, 0.29) is 17.8 Å². The van der Waals surface area contributed by atoms with Gasteiger partial charge >= 0.3 is 5.97 Å². The van der Waals surface area contributed by atoms with Crippen LogP contribution in [0.2, 0.25) is 0 Å². The van der Waals surface area contributed by atoms with E-state index in [1.54, 1.807) is 13.2 Å². The molecule has 3 aromatic carbocycles. The third-order valence-corrected chi connectivity index (χ3v) is 7.25. The van der Waals surface area contributed by atoms with Gasteiger partial charge in [0.05, 0.1) is 13.2 Å². The van der Waals surface area contributed by atoms with E-state index in [1.165, 1.54) is 10.8 Å². The van der Waals surface area contributed by atoms with Crippen molar-refractivity contribution in [1.82, 2.24) is 0 Å². The highest BCUT2D eigenvalue weighted by Crippen LogP contribution is 2.48. The Hall–Kier alpha value is -3.60. The first kappa shape index (κ1) is 24.1. The van der Waals surface area contributed by atoms with Gasteiger partial charge in [-0.05, 0) is 59.4 Å². The van der Waals surface area contributed by atoms with E-state index in [0.717, 1.165) is 66.5 Å². The Labute approximate surface area is 212 Å². The Morgan fingerprint density at radius 1 is 1.00 bits per heavy atom. The van der Waals surface area contributed by atoms with Gasteiger partial charge in [-0.1, -0.05) is 62.6 Å². The summed E-state index contributed by atoms with van der Waals surface area (Å²) in [7, 11) is 1.57. The smallest absolute Gasteiger partial charge is 0.311 e. The Morgan fingerprint density at radius 3 is 2.69 bits per heavy atom. The highest BCUT2D eigenvalue weighted by molar-refractivity contribution is 6.12. The van der Waals surface area contributed by atoms with E-state index >= 15 is 0 Å². The lowest BCUT2D eigenvalue weighted by Gasteiger charge is -2.35. The van der Waals surface area contributed by atoms with Crippen molar-refractivity contribution < 1.29 is 19.1 Å². The first-order valence-corrected chi connectivity index (χ1v) is 13.0. The van der Waals surface area contributed by atoms with Crippen LogP contribution in [0.4, 0.5) is 5.69 Å². The number of esters is 1. The van der Waals surface area contributed by atoms with E-state index in [9.17, 15) is 9.59 Å². The molecule has 2 aliphatic rings. The van der Waals surface area contributed by atoms with Gasteiger partial charge in [-0.25, -0.2) is 0 Å². The fraction of sp³-hybridized carbons (Fsp3) is 0.355. The van der Waals surface area contributed by atoms with Crippen LogP contribution in [0.5, 0.6) is 11.5 Å². The minimum Gasteiger partial charge on any atom is -0.493 e. The summed E-state index contributed by atoms with van der Waals surface area (Å²) in [6, 6.07) is 17.9. The lowest BCUT2D eigenvalue weighted by atomic mass is 9.77. The van der Waals surface area contributed by atoms with Crippen molar-refractivity contribution in [2.24, 2.45) is 0 Å². The van der Waals surface area contributed by atoms with Gasteiger partial charge in [-0.15, -0.1) is 0 Å². The Morgan fingerprint density at radius 2 is 1.86 bits per heavy atom. The number of hydrogen-bond donors (Lipinski definition) is 1. The third-order valence-electron chi connectivity index (χ3n) is 7.25. The van der Waals surface area contributed by atoms with E-state index in [0.29, 0.717) is 24.3 Å². The molecule has 1 heterocycles. The van der Waals surface area contributed by atoms with Gasteiger partial charge in [-0.2, -0.15) is 0 Å². The number of unbranched alkanes of at least 4 members (excludes halogenated alkanes) is 3. The van der Waals surface area contributed by atoms with E-state index in [1.807, 2.05) is 24.3 Å². The van der Waals surface area contributed by atoms with Crippen molar-refractivity contribution in [2.45, 2.75) is 64.3 Å². The molecule has 5 heteroatoms. The van der Waals surface area contributed by atoms with Gasteiger partial charge in [-0.3, -0.25) is 9.59 Å². The van der Waals surface area contributed by atoms with Gasteiger partial charge in [0.15, 0.2) is 17.3 Å². The molecule has 3 aromatic rings. The Balaban J connectivity index is 1.48. The van der Waals surface area contributed by atoms with Crippen LogP contribution in [0.25, 0.3) is 16.3 Å². The molecule has 0 saturated carbocycles. The van der Waals surface area contributed by atoms with E-state index in [2.05, 4.69) is 36.5 Å². The van der Waals surface area contributed by atoms with Gasteiger partial charge in [0, 0.05) is 29.7 Å². The van der Waals surface area contributed by atoms with Gasteiger partial charge in [0.1, 0.15) is 0 Å². The lowest BCUT2D eigenvalue weighted by Crippen LogP contribution is -2.27. The van der Waals surface area contributed by atoms with Crippen LogP contribution in [0.3, 0.4) is 0 Å². The first-order chi connectivity index (χ1) is 17.6. The minimum atomic E-state index is -0.283. The average Bonchev–Trinajstić information content (AvgIpc) is 2.90. The molecule has 36 heavy (non-hydrogen) atoms. The molecule has 1 N–H and O–H groups in total. The number of hydrogen-bond acceptors (Lipinski definition) is 5. The fourth-order valence-corrected chi connectivity index (χ4v) is 5.47. The number of anilines is 1. The average molecular weight is 484 g/mol. The monoisotopic (exact) mass is 483 g/mol. The maximum Gasteiger partial charge on any atom is 0.311 e. The zero-order chi connectivity index (χ0) is 25.1. The molecule has 0 unspecified atom stereocenters. The van der Waals surface area contributed by atoms with Crippen LogP contribution in [0.15, 0.2) is 60.2 Å². The molecule has 0 radical (unpaired) electrons. The van der Waals surface area contributed by atoms with Crippen molar-refractivity contribution in [2.75, 3.05) is 12.4 Å². The molecule has 1 aliphatic carbocycles. The van der Waals surface area contributed by atoms with Crippen LogP contribution in [0.1, 0.15) is 75.5 Å². The number of Topliss-reactive ketones (excluding diaryl/α,β-unsaturated/α-hetero) is 1. The largest absolute Gasteiger partial charge is 0.493 e. The molecule has 0 spiro atoms. The summed E-state index contributed by atoms with van der Waals surface area (Å²) in [5, 5.41) is 5.98. The molecule has 1 aliphatic heterocycles. The fourth-order valence-electron chi connectivity index (χ4n) is 5.47. The molecule has 1 atom stereocenters. The van der Waals surface area contributed by atoms with Crippen LogP contribution in [0, 0.1) is 0 Å². The number of allylic oxidation sites excluding steroid dienone is 1. The summed E-state index contributed by atoms with van der Waals surface area (Å²) < 4.78 is 11.2. The third kappa shape index (κ3) is 4.62. The molecule has 5 nitrogen and oxygen atoms in total. The summed E-state index contributed by atoms with van der Waals surface area (Å²) in [5.74, 6) is 0.842. The topological polar surface area (TPSA) is 64.6 Å². The van der Waals surface area contributed by atoms with Crippen LogP contribution in [-0.2, 0) is 9.59 Å². The number of carbonyl (C=O) groups excluding carboxylic acids is 2. The second-order valence-electron chi connectivity index (χ2n) is 9.65. The number of benzene rings is 3. The highest BCUT2D eigenvalue weighted by atomic mass is 16.6. The van der Waals surface area contributed by atoms with Crippen LogP contribution in [-0.4, -0.2) is 18.9 Å². The predicted octanol–water partition coefficient (Wildman–Crippen LogP) is 7.40. The van der Waals surface area contributed by atoms with E-state index in [4.69, 9.17) is 9.47 Å². The van der Waals surface area contributed by atoms with Gasteiger partial charge in [0.25, 0.3) is 0 Å². The maximum atomic E-state index is 13.3. The first-order valence-electron chi connectivity index (χ1n) is 13.0. The number of methoxy groups -OCH3 is 1. The van der Waals surface area contributed by atoms with Crippen molar-refractivity contribution in [1.29, 1.82) is 0 Å². The van der Waals surface area contributed by atoms with Crippen molar-refractivity contribution in [3.63, 3.8) is 0 Å². The van der Waals surface area contributed by atoms with Crippen molar-refractivity contribution in [3.8, 4) is 11.5 Å². The zero-order valence-electron chi connectivity index (χ0n) is 21.1. The molecule has 0 fully saturated rings. The number of carbonyl (C=O) groups is 2. The van der Waals surface area contributed by atoms with Gasteiger partial charge in [0.2, 0.25) is 0 Å². The molecular weight excluding hydrogens is 450 g/mol. The molecule has 0 saturated heterocycles. The van der Waals surface area contributed by atoms with Gasteiger partial charge < -0.3 is 14.8 Å². The summed E-state index contributed by atoms with van der Waals surface area (Å²) in [6.45, 7) is 2.15. The predicted molar refractivity (Wildman–Crippen MR) is 143 cm³/mol. The second-order valence-corrected chi connectivity index (χ2v) is 9.65. The molecule has 0 aromatic heterocycles. The molecular formula is C31H33NO4. The summed E-state index contributed by atoms with van der Waals surface area (Å²) in [4.78, 5) is 25.6. The number of ether oxygens (including phenoxy) is 2. The summed E-state index contributed by atoms with van der Waals surface area (Å²) >= 11 is 0. The van der Waals surface area contributed by atoms with Crippen molar-refractivity contribution >= 4 is 33.8 Å². The van der Waals surface area contributed by atoms with E-state index < -0.39 is 0 Å². The molecule has 0 bridgehead atoms. The Kier molecular flexibility index (Phi) is 7.08. The van der Waals surface area contributed by atoms with Crippen LogP contribution < -0.4 is 14.8 Å². The minimum absolute atomic E-state index is 0.189. The quantitative estimate of drug-likeness (QED) is 0.205. The number of fused-ring (bicyclic) bond motifs is 4. The summed E-state index contributed by atoms with van der Waals surface area (Å²) in [6.07, 6.45) is 6.79. The molecule has 5 rings (SSSR count). The zero-order valence-corrected chi connectivity index (χ0v) is 21.1.